The van der Waals surface area contributed by atoms with Crippen LogP contribution in [-0.2, 0) is 6.42 Å². The van der Waals surface area contributed by atoms with Crippen LogP contribution in [0, 0.1) is 6.92 Å². The second-order valence-electron chi connectivity index (χ2n) is 4.68. The van der Waals surface area contributed by atoms with E-state index in [1.54, 1.807) is 0 Å². The molecule has 0 saturated carbocycles. The van der Waals surface area contributed by atoms with Gasteiger partial charge in [-0.3, -0.25) is 4.98 Å². The Morgan fingerprint density at radius 1 is 1.11 bits per heavy atom. The number of pyridine rings is 1. The average Bonchev–Trinajstić information content (AvgIpc) is 2.42. The third-order valence-corrected chi connectivity index (χ3v) is 3.18. The first-order valence-electron chi connectivity index (χ1n) is 6.40. The molecule has 0 amide bonds. The van der Waals surface area contributed by atoms with E-state index >= 15 is 0 Å². The van der Waals surface area contributed by atoms with E-state index in [4.69, 9.17) is 0 Å². The summed E-state index contributed by atoms with van der Waals surface area (Å²) in [6.45, 7) is 3.00. The van der Waals surface area contributed by atoms with Crippen LogP contribution in [0.5, 0.6) is 0 Å². The van der Waals surface area contributed by atoms with Gasteiger partial charge in [0.15, 0.2) is 0 Å². The Kier molecular flexibility index (Phi) is 4.48. The number of nitrogens with zero attached hydrogens (tertiary/aromatic N) is 1. The summed E-state index contributed by atoms with van der Waals surface area (Å²) in [6.07, 6.45) is 3.01. The summed E-state index contributed by atoms with van der Waals surface area (Å²) >= 11 is 0. The van der Waals surface area contributed by atoms with Gasteiger partial charge in [-0.2, -0.15) is 0 Å². The van der Waals surface area contributed by atoms with Crippen molar-refractivity contribution >= 4 is 0 Å². The lowest BCUT2D eigenvalue weighted by Gasteiger charge is -2.17. The molecule has 0 spiro atoms. The maximum Gasteiger partial charge on any atom is 0.0372 e. The maximum absolute atomic E-state index is 4.37. The Morgan fingerprint density at radius 3 is 2.50 bits per heavy atom. The van der Waals surface area contributed by atoms with Crippen LogP contribution in [0.4, 0.5) is 0 Å². The topological polar surface area (TPSA) is 24.9 Å². The first-order chi connectivity index (χ1) is 8.79. The van der Waals surface area contributed by atoms with Gasteiger partial charge in [0.1, 0.15) is 0 Å². The summed E-state index contributed by atoms with van der Waals surface area (Å²) in [7, 11) is 2.00. The minimum absolute atomic E-state index is 0.501. The monoisotopic (exact) mass is 240 g/mol. The SMILES string of the molecule is CNCC(Cc1ccc(C)nc1)c1ccccc1. The largest absolute Gasteiger partial charge is 0.319 e. The fourth-order valence-corrected chi connectivity index (χ4v) is 2.18. The maximum atomic E-state index is 4.37. The van der Waals surface area contributed by atoms with Crippen LogP contribution < -0.4 is 5.32 Å². The molecule has 0 fully saturated rings. The molecule has 94 valence electrons. The van der Waals surface area contributed by atoms with E-state index in [1.807, 2.05) is 20.2 Å². The van der Waals surface area contributed by atoms with Gasteiger partial charge in [-0.05, 0) is 37.6 Å². The van der Waals surface area contributed by atoms with Gasteiger partial charge in [0.25, 0.3) is 0 Å². The lowest BCUT2D eigenvalue weighted by molar-refractivity contribution is 0.624. The summed E-state index contributed by atoms with van der Waals surface area (Å²) < 4.78 is 0. The number of likely N-dealkylation sites (N-methyl/N-ethyl adjacent to an activating group) is 1. The molecule has 0 saturated heterocycles. The van der Waals surface area contributed by atoms with Gasteiger partial charge >= 0.3 is 0 Å². The third kappa shape index (κ3) is 3.41. The zero-order chi connectivity index (χ0) is 12.8. The molecule has 0 bridgehead atoms. The number of hydrogen-bond acceptors (Lipinski definition) is 2. The van der Waals surface area contributed by atoms with Gasteiger partial charge in [0.2, 0.25) is 0 Å². The van der Waals surface area contributed by atoms with E-state index in [0.717, 1.165) is 18.7 Å². The first kappa shape index (κ1) is 12.8. The van der Waals surface area contributed by atoms with Crippen molar-refractivity contribution in [3.8, 4) is 0 Å². The molecule has 0 aliphatic heterocycles. The number of nitrogens with one attached hydrogen (secondary N) is 1. The van der Waals surface area contributed by atoms with Gasteiger partial charge in [-0.15, -0.1) is 0 Å². The van der Waals surface area contributed by atoms with Gasteiger partial charge in [0.05, 0.1) is 0 Å². The fourth-order valence-electron chi connectivity index (χ4n) is 2.18. The van der Waals surface area contributed by atoms with Crippen LogP contribution in [-0.4, -0.2) is 18.6 Å². The molecule has 1 unspecified atom stereocenters. The normalized spacial score (nSPS) is 12.3. The molecule has 1 heterocycles. The Labute approximate surface area is 109 Å². The highest BCUT2D eigenvalue weighted by Crippen LogP contribution is 2.19. The number of benzene rings is 1. The van der Waals surface area contributed by atoms with Crippen molar-refractivity contribution < 1.29 is 0 Å². The van der Waals surface area contributed by atoms with Crippen molar-refractivity contribution in [3.63, 3.8) is 0 Å². The number of aromatic nitrogens is 1. The van der Waals surface area contributed by atoms with Crippen LogP contribution in [0.25, 0.3) is 0 Å². The molecule has 2 aromatic rings. The molecular weight excluding hydrogens is 220 g/mol. The zero-order valence-corrected chi connectivity index (χ0v) is 11.1. The Bertz CT molecular complexity index is 462. The van der Waals surface area contributed by atoms with E-state index < -0.39 is 0 Å². The Balaban J connectivity index is 2.14. The van der Waals surface area contributed by atoms with Crippen molar-refractivity contribution in [2.45, 2.75) is 19.3 Å². The molecule has 1 atom stereocenters. The van der Waals surface area contributed by atoms with Crippen molar-refractivity contribution in [2.24, 2.45) is 0 Å². The first-order valence-corrected chi connectivity index (χ1v) is 6.40. The molecule has 0 aliphatic rings. The quantitative estimate of drug-likeness (QED) is 0.869. The zero-order valence-electron chi connectivity index (χ0n) is 11.1. The predicted molar refractivity (Wildman–Crippen MR) is 75.8 cm³/mol. The number of rotatable bonds is 5. The van der Waals surface area contributed by atoms with Crippen molar-refractivity contribution in [1.29, 1.82) is 0 Å². The van der Waals surface area contributed by atoms with Crippen molar-refractivity contribution in [2.75, 3.05) is 13.6 Å². The summed E-state index contributed by atoms with van der Waals surface area (Å²) in [6, 6.07) is 14.9. The van der Waals surface area contributed by atoms with Gasteiger partial charge in [0, 0.05) is 24.4 Å². The van der Waals surface area contributed by atoms with E-state index in [9.17, 15) is 0 Å². The minimum atomic E-state index is 0.501. The minimum Gasteiger partial charge on any atom is -0.319 e. The van der Waals surface area contributed by atoms with E-state index in [-0.39, 0.29) is 0 Å². The molecule has 0 radical (unpaired) electrons. The lowest BCUT2D eigenvalue weighted by Crippen LogP contribution is -2.19. The highest BCUT2D eigenvalue weighted by Gasteiger charge is 2.11. The second-order valence-corrected chi connectivity index (χ2v) is 4.68. The second kappa shape index (κ2) is 6.31. The van der Waals surface area contributed by atoms with E-state index in [2.05, 4.69) is 52.8 Å². The van der Waals surface area contributed by atoms with Crippen LogP contribution in [0.1, 0.15) is 22.7 Å². The molecular formula is C16H20N2. The highest BCUT2D eigenvalue weighted by atomic mass is 14.8. The van der Waals surface area contributed by atoms with Gasteiger partial charge in [-0.25, -0.2) is 0 Å². The highest BCUT2D eigenvalue weighted by molar-refractivity contribution is 5.24. The van der Waals surface area contributed by atoms with Crippen LogP contribution >= 0.6 is 0 Å². The van der Waals surface area contributed by atoms with Gasteiger partial charge in [-0.1, -0.05) is 36.4 Å². The summed E-state index contributed by atoms with van der Waals surface area (Å²) in [5.41, 5.74) is 3.75. The number of aryl methyl sites for hydroxylation is 1. The molecule has 2 rings (SSSR count). The standard InChI is InChI=1S/C16H20N2/c1-13-8-9-14(11-18-13)10-16(12-17-2)15-6-4-3-5-7-15/h3-9,11,16-17H,10,12H2,1-2H3. The summed E-state index contributed by atoms with van der Waals surface area (Å²) in [5.74, 6) is 0.501. The molecule has 2 nitrogen and oxygen atoms in total. The average molecular weight is 240 g/mol. The predicted octanol–water partition coefficient (Wildman–Crippen LogP) is 2.94. The van der Waals surface area contributed by atoms with Crippen molar-refractivity contribution in [1.82, 2.24) is 10.3 Å². The Hall–Kier alpha value is -1.67. The number of hydrogen-bond donors (Lipinski definition) is 1. The van der Waals surface area contributed by atoms with Crippen LogP contribution in [0.15, 0.2) is 48.7 Å². The van der Waals surface area contributed by atoms with Crippen LogP contribution in [0.2, 0.25) is 0 Å². The van der Waals surface area contributed by atoms with E-state index in [1.165, 1.54) is 11.1 Å². The smallest absolute Gasteiger partial charge is 0.0372 e. The van der Waals surface area contributed by atoms with Crippen LogP contribution in [0.3, 0.4) is 0 Å². The molecule has 1 aromatic carbocycles. The fraction of sp³-hybridized carbons (Fsp3) is 0.312. The molecule has 2 heteroatoms. The molecule has 1 aromatic heterocycles. The molecule has 0 aliphatic carbocycles. The third-order valence-electron chi connectivity index (χ3n) is 3.18. The lowest BCUT2D eigenvalue weighted by atomic mass is 9.92. The summed E-state index contributed by atoms with van der Waals surface area (Å²) in [4.78, 5) is 4.37. The van der Waals surface area contributed by atoms with Crippen molar-refractivity contribution in [3.05, 3.63) is 65.5 Å². The molecule has 1 N–H and O–H groups in total. The van der Waals surface area contributed by atoms with E-state index in [0.29, 0.717) is 5.92 Å². The Morgan fingerprint density at radius 2 is 1.89 bits per heavy atom. The summed E-state index contributed by atoms with van der Waals surface area (Å²) in [5, 5.41) is 3.28. The molecule has 18 heavy (non-hydrogen) atoms. The van der Waals surface area contributed by atoms with Gasteiger partial charge < -0.3 is 5.32 Å².